The smallest absolute Gasteiger partial charge is 0.292 e. The monoisotopic (exact) mass is 424 g/mol. The lowest BCUT2D eigenvalue weighted by atomic mass is 10.1. The first-order valence-electron chi connectivity index (χ1n) is 9.30. The molecule has 0 aliphatic carbocycles. The van der Waals surface area contributed by atoms with Crippen LogP contribution in [0.25, 0.3) is 11.3 Å². The number of hydrogen-bond acceptors (Lipinski definition) is 6. The van der Waals surface area contributed by atoms with Crippen LogP contribution >= 0.6 is 0 Å². The Morgan fingerprint density at radius 1 is 1.00 bits per heavy atom. The van der Waals surface area contributed by atoms with Gasteiger partial charge in [-0.05, 0) is 12.1 Å². The second kappa shape index (κ2) is 8.19. The number of carbonyl (C=O) groups excluding carboxylic acids is 1. The first kappa shape index (κ1) is 20.0. The van der Waals surface area contributed by atoms with Crippen LogP contribution in [0.15, 0.2) is 34.9 Å². The Morgan fingerprint density at radius 2 is 1.69 bits per heavy atom. The van der Waals surface area contributed by atoms with Gasteiger partial charge in [-0.1, -0.05) is 17.3 Å². The van der Waals surface area contributed by atoms with Crippen LogP contribution in [0, 0.1) is 5.82 Å². The molecule has 2 aromatic rings. The molecule has 1 aromatic heterocycles. The van der Waals surface area contributed by atoms with Crippen molar-refractivity contribution >= 4 is 16.1 Å². The van der Waals surface area contributed by atoms with Crippen LogP contribution in [0.1, 0.15) is 10.6 Å². The van der Waals surface area contributed by atoms with Gasteiger partial charge in [-0.3, -0.25) is 4.79 Å². The molecule has 2 fully saturated rings. The first-order valence-corrected chi connectivity index (χ1v) is 10.7. The van der Waals surface area contributed by atoms with E-state index in [9.17, 15) is 17.6 Å². The summed E-state index contributed by atoms with van der Waals surface area (Å²) in [4.78, 5) is 14.2. The van der Waals surface area contributed by atoms with Crippen LogP contribution in [0.3, 0.4) is 0 Å². The van der Waals surface area contributed by atoms with Gasteiger partial charge in [0.05, 0.1) is 13.2 Å². The summed E-state index contributed by atoms with van der Waals surface area (Å²) in [7, 11) is -3.56. The van der Waals surface area contributed by atoms with E-state index in [1.807, 2.05) is 0 Å². The van der Waals surface area contributed by atoms with Gasteiger partial charge in [0.15, 0.2) is 0 Å². The molecule has 0 N–H and O–H groups in total. The fourth-order valence-corrected chi connectivity index (χ4v) is 4.94. The highest BCUT2D eigenvalue weighted by molar-refractivity contribution is 7.86. The maximum absolute atomic E-state index is 13.4. The fraction of sp³-hybridized carbons (Fsp3) is 0.444. The van der Waals surface area contributed by atoms with Crippen molar-refractivity contribution in [3.63, 3.8) is 0 Å². The fourth-order valence-electron chi connectivity index (χ4n) is 3.38. The highest BCUT2D eigenvalue weighted by Gasteiger charge is 2.35. The minimum absolute atomic E-state index is 0.0359. The zero-order valence-corrected chi connectivity index (χ0v) is 16.5. The molecule has 2 saturated heterocycles. The lowest BCUT2D eigenvalue weighted by Gasteiger charge is -2.37. The van der Waals surface area contributed by atoms with Crippen molar-refractivity contribution in [2.24, 2.45) is 0 Å². The lowest BCUT2D eigenvalue weighted by molar-refractivity contribution is 0.0612. The first-order chi connectivity index (χ1) is 13.9. The molecule has 2 aliphatic rings. The maximum atomic E-state index is 13.4. The molecule has 0 bridgehead atoms. The largest absolute Gasteiger partial charge is 0.379 e. The van der Waals surface area contributed by atoms with Crippen LogP contribution in [-0.2, 0) is 14.9 Å². The van der Waals surface area contributed by atoms with Crippen molar-refractivity contribution < 1.29 is 26.9 Å². The van der Waals surface area contributed by atoms with Crippen molar-refractivity contribution in [2.75, 3.05) is 52.5 Å². The zero-order valence-electron chi connectivity index (χ0n) is 15.7. The number of amides is 1. The molecule has 0 radical (unpaired) electrons. The SMILES string of the molecule is O=C(c1cc(-c2cccc(F)c2)no1)N1CCN(S(=O)(=O)N2CCOCC2)CC1. The van der Waals surface area contributed by atoms with E-state index >= 15 is 0 Å². The van der Waals surface area contributed by atoms with Crippen LogP contribution < -0.4 is 0 Å². The Hall–Kier alpha value is -2.34. The average Bonchev–Trinajstić information content (AvgIpc) is 3.24. The topological polar surface area (TPSA) is 96.2 Å². The van der Waals surface area contributed by atoms with Crippen molar-refractivity contribution in [2.45, 2.75) is 0 Å². The molecule has 0 spiro atoms. The zero-order chi connectivity index (χ0) is 20.4. The predicted molar refractivity (Wildman–Crippen MR) is 101 cm³/mol. The average molecular weight is 424 g/mol. The number of nitrogens with zero attached hydrogens (tertiary/aromatic N) is 4. The molecule has 11 heteroatoms. The van der Waals surface area contributed by atoms with Crippen LogP contribution in [0.4, 0.5) is 4.39 Å². The van der Waals surface area contributed by atoms with Gasteiger partial charge in [-0.2, -0.15) is 17.0 Å². The number of morpholine rings is 1. The van der Waals surface area contributed by atoms with Gasteiger partial charge in [0.1, 0.15) is 11.5 Å². The van der Waals surface area contributed by atoms with Crippen LogP contribution in [0.5, 0.6) is 0 Å². The highest BCUT2D eigenvalue weighted by Crippen LogP contribution is 2.21. The summed E-state index contributed by atoms with van der Waals surface area (Å²) in [5.41, 5.74) is 0.871. The number of piperazine rings is 1. The van der Waals surface area contributed by atoms with E-state index in [1.165, 1.54) is 31.7 Å². The minimum Gasteiger partial charge on any atom is -0.379 e. The number of halogens is 1. The van der Waals surface area contributed by atoms with Gasteiger partial charge in [0.25, 0.3) is 16.1 Å². The highest BCUT2D eigenvalue weighted by atomic mass is 32.2. The van der Waals surface area contributed by atoms with Gasteiger partial charge in [-0.25, -0.2) is 4.39 Å². The summed E-state index contributed by atoms with van der Waals surface area (Å²) in [5.74, 6) is -0.742. The third-order valence-electron chi connectivity index (χ3n) is 4.99. The summed E-state index contributed by atoms with van der Waals surface area (Å²) < 4.78 is 51.9. The summed E-state index contributed by atoms with van der Waals surface area (Å²) in [5, 5.41) is 3.84. The molecule has 1 amide bonds. The summed E-state index contributed by atoms with van der Waals surface area (Å²) in [6.45, 7) is 2.35. The standard InChI is InChI=1S/C18H21FN4O5S/c19-15-3-1-2-14(12-15)16-13-17(28-20-16)18(24)21-4-6-22(7-5-21)29(25,26)23-8-10-27-11-9-23/h1-3,12-13H,4-11H2. The maximum Gasteiger partial charge on any atom is 0.292 e. The third-order valence-corrected chi connectivity index (χ3v) is 7.03. The van der Waals surface area contributed by atoms with E-state index in [-0.39, 0.29) is 37.8 Å². The van der Waals surface area contributed by atoms with E-state index < -0.39 is 16.0 Å². The lowest BCUT2D eigenvalue weighted by Crippen LogP contribution is -2.55. The molecule has 29 heavy (non-hydrogen) atoms. The molecule has 3 heterocycles. The molecule has 9 nitrogen and oxygen atoms in total. The second-order valence-electron chi connectivity index (χ2n) is 6.80. The second-order valence-corrected chi connectivity index (χ2v) is 8.73. The van der Waals surface area contributed by atoms with Crippen LogP contribution in [-0.4, -0.2) is 85.5 Å². The summed E-state index contributed by atoms with van der Waals surface area (Å²) in [6, 6.07) is 7.31. The molecular formula is C18H21FN4O5S. The van der Waals surface area contributed by atoms with Crippen molar-refractivity contribution in [3.05, 3.63) is 41.9 Å². The quantitative estimate of drug-likeness (QED) is 0.721. The molecule has 4 rings (SSSR count). The van der Waals surface area contributed by atoms with Gasteiger partial charge < -0.3 is 14.2 Å². The van der Waals surface area contributed by atoms with Crippen molar-refractivity contribution in [1.29, 1.82) is 0 Å². The van der Waals surface area contributed by atoms with Crippen molar-refractivity contribution in [3.8, 4) is 11.3 Å². The van der Waals surface area contributed by atoms with E-state index in [1.54, 1.807) is 12.1 Å². The molecule has 0 saturated carbocycles. The van der Waals surface area contributed by atoms with Gasteiger partial charge >= 0.3 is 0 Å². The number of ether oxygens (including phenoxy) is 1. The number of carbonyl (C=O) groups is 1. The number of rotatable bonds is 4. The summed E-state index contributed by atoms with van der Waals surface area (Å²) >= 11 is 0. The Balaban J connectivity index is 1.39. The minimum atomic E-state index is -3.56. The molecule has 0 unspecified atom stereocenters. The van der Waals surface area contributed by atoms with Gasteiger partial charge in [0, 0.05) is 50.9 Å². The molecular weight excluding hydrogens is 403 g/mol. The molecule has 1 aromatic carbocycles. The van der Waals surface area contributed by atoms with Crippen LogP contribution in [0.2, 0.25) is 0 Å². The van der Waals surface area contributed by atoms with E-state index in [0.717, 1.165) is 0 Å². The van der Waals surface area contributed by atoms with Gasteiger partial charge in [0.2, 0.25) is 5.76 Å². The predicted octanol–water partition coefficient (Wildman–Crippen LogP) is 0.815. The van der Waals surface area contributed by atoms with E-state index in [2.05, 4.69) is 5.16 Å². The number of hydrogen-bond donors (Lipinski definition) is 0. The Labute approximate surface area is 167 Å². The van der Waals surface area contributed by atoms with Crippen molar-refractivity contribution in [1.82, 2.24) is 18.7 Å². The molecule has 0 atom stereocenters. The summed E-state index contributed by atoms with van der Waals surface area (Å²) in [6.07, 6.45) is 0. The molecule has 2 aliphatic heterocycles. The Kier molecular flexibility index (Phi) is 5.63. The number of benzene rings is 1. The van der Waals surface area contributed by atoms with E-state index in [0.29, 0.717) is 37.6 Å². The molecule has 156 valence electrons. The van der Waals surface area contributed by atoms with E-state index in [4.69, 9.17) is 9.26 Å². The normalized spacial score (nSPS) is 19.4. The third kappa shape index (κ3) is 4.17. The Morgan fingerprint density at radius 3 is 2.38 bits per heavy atom. The number of aromatic nitrogens is 1. The van der Waals surface area contributed by atoms with Gasteiger partial charge in [-0.15, -0.1) is 0 Å². The Bertz CT molecular complexity index is 982.